The van der Waals surface area contributed by atoms with Crippen molar-refractivity contribution < 1.29 is 14.7 Å². The summed E-state index contributed by atoms with van der Waals surface area (Å²) < 4.78 is 0. The maximum atomic E-state index is 11.9. The number of carbonyl (C=O) groups is 2. The highest BCUT2D eigenvalue weighted by molar-refractivity contribution is 5.76. The van der Waals surface area contributed by atoms with Gasteiger partial charge >= 0.3 is 5.97 Å². The summed E-state index contributed by atoms with van der Waals surface area (Å²) in [7, 11) is 0. The molecular formula is C16H28N2O3. The largest absolute Gasteiger partial charge is 0.481 e. The van der Waals surface area contributed by atoms with Crippen molar-refractivity contribution in [3.63, 3.8) is 0 Å². The lowest BCUT2D eigenvalue weighted by Crippen LogP contribution is -2.40. The van der Waals surface area contributed by atoms with Crippen molar-refractivity contribution in [3.05, 3.63) is 0 Å². The molecule has 0 atom stereocenters. The number of nitrogens with one attached hydrogen (secondary N) is 1. The molecule has 0 unspecified atom stereocenters. The number of nitrogens with zero attached hydrogens (tertiary/aromatic N) is 1. The fourth-order valence-corrected chi connectivity index (χ4v) is 3.47. The Morgan fingerprint density at radius 1 is 1.05 bits per heavy atom. The summed E-state index contributed by atoms with van der Waals surface area (Å²) in [5.41, 5.74) is 0. The lowest BCUT2D eigenvalue weighted by Gasteiger charge is -2.31. The molecule has 0 aromatic rings. The van der Waals surface area contributed by atoms with Crippen LogP contribution in [0.1, 0.15) is 57.8 Å². The van der Waals surface area contributed by atoms with Gasteiger partial charge in [0.05, 0.1) is 0 Å². The van der Waals surface area contributed by atoms with Gasteiger partial charge in [-0.2, -0.15) is 0 Å². The van der Waals surface area contributed by atoms with Crippen molar-refractivity contribution in [2.75, 3.05) is 19.6 Å². The van der Waals surface area contributed by atoms with Gasteiger partial charge in [-0.25, -0.2) is 0 Å². The summed E-state index contributed by atoms with van der Waals surface area (Å²) in [5, 5.41) is 11.9. The van der Waals surface area contributed by atoms with E-state index in [2.05, 4.69) is 10.2 Å². The van der Waals surface area contributed by atoms with E-state index in [4.69, 9.17) is 5.11 Å². The third-order valence-electron chi connectivity index (χ3n) is 4.80. The minimum absolute atomic E-state index is 0.176. The number of carbonyl (C=O) groups excluding carboxylic acids is 1. The van der Waals surface area contributed by atoms with Crippen LogP contribution >= 0.6 is 0 Å². The highest BCUT2D eigenvalue weighted by atomic mass is 16.4. The molecule has 5 nitrogen and oxygen atoms in total. The Kier molecular flexibility index (Phi) is 6.49. The molecule has 2 aliphatic rings. The van der Waals surface area contributed by atoms with E-state index in [-0.39, 0.29) is 12.3 Å². The van der Waals surface area contributed by atoms with E-state index in [0.717, 1.165) is 45.3 Å². The van der Waals surface area contributed by atoms with Crippen LogP contribution in [0.5, 0.6) is 0 Å². The Labute approximate surface area is 127 Å². The highest BCUT2D eigenvalue weighted by Gasteiger charge is 2.22. The maximum Gasteiger partial charge on any atom is 0.303 e. The first-order valence-electron chi connectivity index (χ1n) is 8.37. The molecule has 1 aliphatic heterocycles. The fraction of sp³-hybridized carbons (Fsp3) is 0.875. The molecule has 0 spiro atoms. The summed E-state index contributed by atoms with van der Waals surface area (Å²) in [4.78, 5) is 24.9. The van der Waals surface area contributed by atoms with Gasteiger partial charge < -0.3 is 15.3 Å². The summed E-state index contributed by atoms with van der Waals surface area (Å²) in [6.07, 6.45) is 8.78. The average molecular weight is 296 g/mol. The van der Waals surface area contributed by atoms with Gasteiger partial charge in [0.2, 0.25) is 5.91 Å². The maximum absolute atomic E-state index is 11.9. The molecule has 2 rings (SSSR count). The summed E-state index contributed by atoms with van der Waals surface area (Å²) in [6, 6.07) is 0.396. The normalized spacial score (nSPS) is 22.1. The second-order valence-corrected chi connectivity index (χ2v) is 6.54. The molecule has 1 saturated carbocycles. The zero-order valence-electron chi connectivity index (χ0n) is 12.9. The molecule has 1 amide bonds. The number of carboxylic acids is 1. The Morgan fingerprint density at radius 2 is 1.71 bits per heavy atom. The van der Waals surface area contributed by atoms with E-state index in [1.54, 1.807) is 0 Å². The Bertz CT molecular complexity index is 345. The monoisotopic (exact) mass is 296 g/mol. The molecule has 0 bridgehead atoms. The Balaban J connectivity index is 1.58. The van der Waals surface area contributed by atoms with Crippen LogP contribution in [-0.2, 0) is 9.59 Å². The van der Waals surface area contributed by atoms with E-state index in [1.165, 1.54) is 19.3 Å². The number of hydrogen-bond donors (Lipinski definition) is 2. The van der Waals surface area contributed by atoms with Gasteiger partial charge in [-0.3, -0.25) is 9.59 Å². The van der Waals surface area contributed by atoms with Crippen LogP contribution < -0.4 is 5.32 Å². The van der Waals surface area contributed by atoms with E-state index in [9.17, 15) is 9.59 Å². The molecule has 5 heteroatoms. The molecule has 1 aliphatic carbocycles. The zero-order valence-corrected chi connectivity index (χ0v) is 12.9. The van der Waals surface area contributed by atoms with Crippen molar-refractivity contribution >= 4 is 11.9 Å². The van der Waals surface area contributed by atoms with Crippen LogP contribution in [0.25, 0.3) is 0 Å². The van der Waals surface area contributed by atoms with Gasteiger partial charge in [-0.05, 0) is 44.7 Å². The summed E-state index contributed by atoms with van der Waals surface area (Å²) in [6.45, 7) is 2.65. The predicted molar refractivity (Wildman–Crippen MR) is 81.0 cm³/mol. The third-order valence-corrected chi connectivity index (χ3v) is 4.80. The van der Waals surface area contributed by atoms with Crippen LogP contribution in [0, 0.1) is 5.92 Å². The quantitative estimate of drug-likeness (QED) is 0.786. The number of likely N-dealkylation sites (tertiary alicyclic amines) is 1. The van der Waals surface area contributed by atoms with Crippen LogP contribution in [0.2, 0.25) is 0 Å². The van der Waals surface area contributed by atoms with Crippen molar-refractivity contribution in [2.45, 2.75) is 63.8 Å². The second-order valence-electron chi connectivity index (χ2n) is 6.54. The van der Waals surface area contributed by atoms with E-state index in [0.29, 0.717) is 18.4 Å². The smallest absolute Gasteiger partial charge is 0.303 e. The first kappa shape index (κ1) is 16.3. The first-order valence-corrected chi connectivity index (χ1v) is 8.37. The van der Waals surface area contributed by atoms with Crippen LogP contribution in [-0.4, -0.2) is 47.6 Å². The van der Waals surface area contributed by atoms with Crippen LogP contribution in [0.15, 0.2) is 0 Å². The topological polar surface area (TPSA) is 69.6 Å². The van der Waals surface area contributed by atoms with Crippen molar-refractivity contribution in [2.24, 2.45) is 5.92 Å². The SMILES string of the molecule is O=C(O)CC1CCN(CCC(=O)NC2CCCCC2)CC1. The molecule has 0 aromatic heterocycles. The van der Waals surface area contributed by atoms with Gasteiger partial charge in [0, 0.05) is 25.4 Å². The molecule has 21 heavy (non-hydrogen) atoms. The second kappa shape index (κ2) is 8.37. The van der Waals surface area contributed by atoms with Crippen molar-refractivity contribution in [3.8, 4) is 0 Å². The number of piperidine rings is 1. The lowest BCUT2D eigenvalue weighted by molar-refractivity contribution is -0.138. The zero-order chi connectivity index (χ0) is 15.1. The minimum atomic E-state index is -0.694. The van der Waals surface area contributed by atoms with Crippen molar-refractivity contribution in [1.29, 1.82) is 0 Å². The molecule has 2 N–H and O–H groups in total. The third kappa shape index (κ3) is 6.04. The minimum Gasteiger partial charge on any atom is -0.481 e. The molecule has 120 valence electrons. The first-order chi connectivity index (χ1) is 10.1. The Hall–Kier alpha value is -1.10. The molecule has 1 heterocycles. The van der Waals surface area contributed by atoms with E-state index in [1.807, 2.05) is 0 Å². The number of hydrogen-bond acceptors (Lipinski definition) is 3. The van der Waals surface area contributed by atoms with Gasteiger partial charge in [-0.15, -0.1) is 0 Å². The number of aliphatic carboxylic acids is 1. The highest BCUT2D eigenvalue weighted by Crippen LogP contribution is 2.20. The molecule has 1 saturated heterocycles. The number of carboxylic acid groups (broad SMARTS) is 1. The van der Waals surface area contributed by atoms with Gasteiger partial charge in [0.1, 0.15) is 0 Å². The average Bonchev–Trinajstić information content (AvgIpc) is 2.47. The van der Waals surface area contributed by atoms with E-state index < -0.39 is 5.97 Å². The van der Waals surface area contributed by atoms with Crippen LogP contribution in [0.4, 0.5) is 0 Å². The summed E-state index contributed by atoms with van der Waals surface area (Å²) >= 11 is 0. The number of rotatable bonds is 6. The standard InChI is InChI=1S/C16H28N2O3/c19-15(17-14-4-2-1-3-5-14)8-11-18-9-6-13(7-10-18)12-16(20)21/h13-14H,1-12H2,(H,17,19)(H,20,21). The molecule has 0 aromatic carbocycles. The van der Waals surface area contributed by atoms with Crippen molar-refractivity contribution in [1.82, 2.24) is 10.2 Å². The van der Waals surface area contributed by atoms with Gasteiger partial charge in [-0.1, -0.05) is 19.3 Å². The number of amides is 1. The van der Waals surface area contributed by atoms with Gasteiger partial charge in [0.15, 0.2) is 0 Å². The predicted octanol–water partition coefficient (Wildman–Crippen LogP) is 2.01. The molecular weight excluding hydrogens is 268 g/mol. The Morgan fingerprint density at radius 3 is 2.33 bits per heavy atom. The molecule has 2 fully saturated rings. The van der Waals surface area contributed by atoms with Crippen LogP contribution in [0.3, 0.4) is 0 Å². The van der Waals surface area contributed by atoms with E-state index >= 15 is 0 Å². The summed E-state index contributed by atoms with van der Waals surface area (Å²) in [5.74, 6) is -0.204. The molecule has 0 radical (unpaired) electrons. The lowest BCUT2D eigenvalue weighted by atomic mass is 9.93. The fourth-order valence-electron chi connectivity index (χ4n) is 3.47. The van der Waals surface area contributed by atoms with Gasteiger partial charge in [0.25, 0.3) is 0 Å².